The van der Waals surface area contributed by atoms with Crippen LogP contribution in [0.3, 0.4) is 0 Å². The van der Waals surface area contributed by atoms with Crippen LogP contribution in [0.4, 0.5) is 5.82 Å². The molecule has 3 rings (SSSR count). The van der Waals surface area contributed by atoms with Crippen molar-refractivity contribution < 1.29 is 18.8 Å². The maximum absolute atomic E-state index is 12.3. The average molecular weight is 339 g/mol. The van der Waals surface area contributed by atoms with Crippen LogP contribution in [-0.4, -0.2) is 28.1 Å². The smallest absolute Gasteiger partial charge is 0.357 e. The summed E-state index contributed by atoms with van der Waals surface area (Å²) in [6.45, 7) is 3.46. The minimum absolute atomic E-state index is 0.155. The molecule has 0 saturated carbocycles. The largest absolute Gasteiger partial charge is 0.448 e. The Bertz CT molecular complexity index is 919. The number of esters is 1. The third kappa shape index (κ3) is 3.82. The van der Waals surface area contributed by atoms with Crippen LogP contribution in [0.25, 0.3) is 10.9 Å². The number of pyridine rings is 1. The summed E-state index contributed by atoms with van der Waals surface area (Å²) in [5, 5.41) is 7.16. The number of nitrogens with one attached hydrogen (secondary N) is 1. The molecule has 7 heteroatoms. The Labute approximate surface area is 144 Å². The summed E-state index contributed by atoms with van der Waals surface area (Å²) in [7, 11) is 0. The maximum atomic E-state index is 12.3. The lowest BCUT2D eigenvalue weighted by Crippen LogP contribution is -2.32. The van der Waals surface area contributed by atoms with E-state index in [0.29, 0.717) is 17.7 Å². The Morgan fingerprint density at radius 2 is 2.04 bits per heavy atom. The Morgan fingerprint density at radius 1 is 1.24 bits per heavy atom. The summed E-state index contributed by atoms with van der Waals surface area (Å²) >= 11 is 0. The van der Waals surface area contributed by atoms with Gasteiger partial charge in [-0.25, -0.2) is 9.78 Å². The van der Waals surface area contributed by atoms with Crippen LogP contribution >= 0.6 is 0 Å². The molecule has 0 bridgehead atoms. The fourth-order valence-electron chi connectivity index (χ4n) is 2.32. The Hall–Kier alpha value is -3.22. The number of anilines is 1. The quantitative estimate of drug-likeness (QED) is 0.718. The minimum atomic E-state index is -0.947. The molecule has 0 saturated heterocycles. The maximum Gasteiger partial charge on any atom is 0.357 e. The van der Waals surface area contributed by atoms with Crippen LogP contribution in [0.2, 0.25) is 0 Å². The molecule has 0 radical (unpaired) electrons. The molecule has 3 aromatic rings. The van der Waals surface area contributed by atoms with Crippen molar-refractivity contribution in [3.63, 3.8) is 0 Å². The summed E-state index contributed by atoms with van der Waals surface area (Å²) in [4.78, 5) is 28.8. The highest BCUT2D eigenvalue weighted by Gasteiger charge is 2.23. The molecule has 2 heterocycles. The zero-order valence-corrected chi connectivity index (χ0v) is 13.9. The standard InChI is InChI=1S/C18H17N3O4/c1-3-15(17(22)20-16-10-11(2)25-21-16)24-18(23)14-9-8-12-6-4-5-7-13(12)19-14/h4-10,15H,3H2,1-2H3,(H,20,21,22)/t15-/m0/s1. The lowest BCUT2D eigenvalue weighted by molar-refractivity contribution is -0.124. The molecule has 7 nitrogen and oxygen atoms in total. The molecule has 128 valence electrons. The van der Waals surface area contributed by atoms with Gasteiger partial charge in [0.15, 0.2) is 11.9 Å². The summed E-state index contributed by atoms with van der Waals surface area (Å²) in [6.07, 6.45) is -0.625. The van der Waals surface area contributed by atoms with Crippen LogP contribution in [0.1, 0.15) is 29.6 Å². The molecule has 1 atom stereocenters. The van der Waals surface area contributed by atoms with E-state index in [1.165, 1.54) is 0 Å². The fourth-order valence-corrected chi connectivity index (χ4v) is 2.32. The number of para-hydroxylation sites is 1. The van der Waals surface area contributed by atoms with E-state index in [1.54, 1.807) is 32.0 Å². The fraction of sp³-hybridized carbons (Fsp3) is 0.222. The van der Waals surface area contributed by atoms with Crippen molar-refractivity contribution >= 4 is 28.6 Å². The minimum Gasteiger partial charge on any atom is -0.448 e. The predicted octanol–water partition coefficient (Wildman–Crippen LogP) is 3.11. The van der Waals surface area contributed by atoms with E-state index in [2.05, 4.69) is 15.5 Å². The number of nitrogens with zero attached hydrogens (tertiary/aromatic N) is 2. The number of aromatic nitrogens is 2. The first kappa shape index (κ1) is 16.6. The second-order valence-corrected chi connectivity index (χ2v) is 5.50. The Morgan fingerprint density at radius 3 is 2.76 bits per heavy atom. The lowest BCUT2D eigenvalue weighted by atomic mass is 10.2. The molecular formula is C18H17N3O4. The first-order chi connectivity index (χ1) is 12.1. The number of ether oxygens (including phenoxy) is 1. The second-order valence-electron chi connectivity index (χ2n) is 5.50. The van der Waals surface area contributed by atoms with Gasteiger partial charge in [0.2, 0.25) is 0 Å². The third-order valence-electron chi connectivity index (χ3n) is 3.60. The van der Waals surface area contributed by atoms with E-state index in [4.69, 9.17) is 9.26 Å². The molecule has 2 aromatic heterocycles. The van der Waals surface area contributed by atoms with E-state index in [-0.39, 0.29) is 11.5 Å². The molecule has 0 aliphatic heterocycles. The molecule has 1 aromatic carbocycles. The van der Waals surface area contributed by atoms with Crippen molar-refractivity contribution in [3.05, 3.63) is 53.9 Å². The van der Waals surface area contributed by atoms with Crippen molar-refractivity contribution in [2.45, 2.75) is 26.4 Å². The van der Waals surface area contributed by atoms with Crippen molar-refractivity contribution in [1.82, 2.24) is 10.1 Å². The number of benzene rings is 1. The normalized spacial score (nSPS) is 11.9. The number of amides is 1. The highest BCUT2D eigenvalue weighted by molar-refractivity contribution is 5.97. The summed E-state index contributed by atoms with van der Waals surface area (Å²) in [5.74, 6) is -0.268. The number of hydrogen-bond donors (Lipinski definition) is 1. The van der Waals surface area contributed by atoms with Gasteiger partial charge in [-0.15, -0.1) is 0 Å². The van der Waals surface area contributed by atoms with Gasteiger partial charge in [-0.05, 0) is 25.5 Å². The average Bonchev–Trinajstić information content (AvgIpc) is 3.03. The van der Waals surface area contributed by atoms with Crippen LogP contribution in [0.15, 0.2) is 47.0 Å². The van der Waals surface area contributed by atoms with Gasteiger partial charge in [0.1, 0.15) is 11.5 Å². The van der Waals surface area contributed by atoms with E-state index in [9.17, 15) is 9.59 Å². The number of fused-ring (bicyclic) bond motifs is 1. The molecule has 0 aliphatic carbocycles. The van der Waals surface area contributed by atoms with Gasteiger partial charge in [-0.2, -0.15) is 0 Å². The first-order valence-electron chi connectivity index (χ1n) is 7.88. The van der Waals surface area contributed by atoms with Gasteiger partial charge >= 0.3 is 5.97 Å². The second kappa shape index (κ2) is 7.12. The van der Waals surface area contributed by atoms with Crippen molar-refractivity contribution in [2.24, 2.45) is 0 Å². The number of rotatable bonds is 5. The number of aryl methyl sites for hydroxylation is 1. The highest BCUT2D eigenvalue weighted by Crippen LogP contribution is 2.14. The van der Waals surface area contributed by atoms with Crippen LogP contribution < -0.4 is 5.32 Å². The van der Waals surface area contributed by atoms with Crippen molar-refractivity contribution in [3.8, 4) is 0 Å². The van der Waals surface area contributed by atoms with Gasteiger partial charge in [0, 0.05) is 11.5 Å². The SMILES string of the molecule is CC[C@H](OC(=O)c1ccc2ccccc2n1)C(=O)Nc1cc(C)on1. The van der Waals surface area contributed by atoms with Gasteiger partial charge in [-0.1, -0.05) is 36.3 Å². The summed E-state index contributed by atoms with van der Waals surface area (Å²) in [6, 6.07) is 12.4. The van der Waals surface area contributed by atoms with Crippen LogP contribution in [-0.2, 0) is 9.53 Å². The number of carbonyl (C=O) groups excluding carboxylic acids is 2. The zero-order chi connectivity index (χ0) is 17.8. The Balaban J connectivity index is 1.71. The molecule has 0 spiro atoms. The molecule has 1 N–H and O–H groups in total. The van der Waals surface area contributed by atoms with Gasteiger partial charge in [-0.3, -0.25) is 4.79 Å². The molecule has 25 heavy (non-hydrogen) atoms. The van der Waals surface area contributed by atoms with E-state index in [0.717, 1.165) is 5.39 Å². The van der Waals surface area contributed by atoms with Crippen LogP contribution in [0.5, 0.6) is 0 Å². The monoisotopic (exact) mass is 339 g/mol. The Kier molecular flexibility index (Phi) is 4.74. The van der Waals surface area contributed by atoms with Crippen molar-refractivity contribution in [2.75, 3.05) is 5.32 Å². The molecule has 1 amide bonds. The van der Waals surface area contributed by atoms with Gasteiger partial charge in [0.05, 0.1) is 5.52 Å². The summed E-state index contributed by atoms with van der Waals surface area (Å²) < 4.78 is 10.2. The molecule has 0 fully saturated rings. The van der Waals surface area contributed by atoms with Crippen molar-refractivity contribution in [1.29, 1.82) is 0 Å². The van der Waals surface area contributed by atoms with Gasteiger partial charge in [0.25, 0.3) is 5.91 Å². The predicted molar refractivity (Wildman–Crippen MR) is 91.1 cm³/mol. The molecular weight excluding hydrogens is 322 g/mol. The third-order valence-corrected chi connectivity index (χ3v) is 3.60. The zero-order valence-electron chi connectivity index (χ0n) is 13.9. The molecule has 0 unspecified atom stereocenters. The van der Waals surface area contributed by atoms with Gasteiger partial charge < -0.3 is 14.6 Å². The van der Waals surface area contributed by atoms with E-state index < -0.39 is 18.0 Å². The number of carbonyl (C=O) groups is 2. The summed E-state index contributed by atoms with van der Waals surface area (Å²) in [5.41, 5.74) is 0.842. The van der Waals surface area contributed by atoms with E-state index >= 15 is 0 Å². The first-order valence-corrected chi connectivity index (χ1v) is 7.88. The van der Waals surface area contributed by atoms with E-state index in [1.807, 2.05) is 24.3 Å². The van der Waals surface area contributed by atoms with Crippen LogP contribution in [0, 0.1) is 6.92 Å². The highest BCUT2D eigenvalue weighted by atomic mass is 16.5. The topological polar surface area (TPSA) is 94.3 Å². The number of hydrogen-bond acceptors (Lipinski definition) is 6. The molecule has 0 aliphatic rings. The lowest BCUT2D eigenvalue weighted by Gasteiger charge is -2.14.